The minimum absolute atomic E-state index is 0.244. The first kappa shape index (κ1) is 18.7. The summed E-state index contributed by atoms with van der Waals surface area (Å²) >= 11 is 4.15. The van der Waals surface area contributed by atoms with Crippen LogP contribution in [0.3, 0.4) is 0 Å². The number of benzene rings is 1. The van der Waals surface area contributed by atoms with E-state index in [9.17, 15) is 9.59 Å². The molecule has 3 N–H and O–H groups in total. The van der Waals surface area contributed by atoms with Crippen LogP contribution in [0.5, 0.6) is 0 Å². The summed E-state index contributed by atoms with van der Waals surface area (Å²) in [5, 5.41) is 2.89. The first-order chi connectivity index (χ1) is 12.5. The van der Waals surface area contributed by atoms with Crippen molar-refractivity contribution in [2.24, 2.45) is 0 Å². The van der Waals surface area contributed by atoms with Crippen molar-refractivity contribution < 1.29 is 14.3 Å². The Morgan fingerprint density at radius 2 is 2.08 bits per heavy atom. The van der Waals surface area contributed by atoms with Gasteiger partial charge in [0.1, 0.15) is 5.00 Å². The Balaban J connectivity index is 1.93. The molecule has 3 aromatic rings. The third kappa shape index (κ3) is 3.69. The monoisotopic (exact) mass is 407 g/mol. The lowest BCUT2D eigenvalue weighted by molar-refractivity contribution is 0.0527. The molecule has 0 atom stereocenters. The molecule has 0 radical (unpaired) electrons. The van der Waals surface area contributed by atoms with E-state index >= 15 is 0 Å². The number of thiophene rings is 1. The molecule has 6 nitrogen and oxygen atoms in total. The fraction of sp³-hybridized carbons (Fsp3) is 0.235. The number of nitrogens with two attached hydrogens (primary N) is 1. The molecule has 0 bridgehead atoms. The van der Waals surface area contributed by atoms with Crippen molar-refractivity contribution in [2.75, 3.05) is 19.4 Å². The molecular weight excluding hydrogens is 390 g/mol. The summed E-state index contributed by atoms with van der Waals surface area (Å²) in [6.45, 7) is 1.98. The predicted octanol–water partition coefficient (Wildman–Crippen LogP) is 3.77. The minimum atomic E-state index is -0.503. The molecule has 0 saturated carbocycles. The number of nitrogens with one attached hydrogen (secondary N) is 1. The summed E-state index contributed by atoms with van der Waals surface area (Å²) in [7, 11) is 1.55. The normalized spacial score (nSPS) is 10.8. The highest BCUT2D eigenvalue weighted by atomic mass is 32.2. The highest BCUT2D eigenvalue weighted by Gasteiger charge is 2.26. The van der Waals surface area contributed by atoms with Gasteiger partial charge in [-0.05, 0) is 19.1 Å². The van der Waals surface area contributed by atoms with Crippen molar-refractivity contribution >= 4 is 61.5 Å². The third-order valence-electron chi connectivity index (χ3n) is 3.56. The lowest BCUT2D eigenvalue weighted by Crippen LogP contribution is -2.18. The molecule has 0 aliphatic heterocycles. The second kappa shape index (κ2) is 8.07. The van der Waals surface area contributed by atoms with E-state index in [0.717, 1.165) is 25.9 Å². The van der Waals surface area contributed by atoms with Crippen LogP contribution in [0.2, 0.25) is 0 Å². The van der Waals surface area contributed by atoms with E-state index < -0.39 is 5.97 Å². The molecule has 9 heteroatoms. The largest absolute Gasteiger partial charge is 0.462 e. The van der Waals surface area contributed by atoms with E-state index in [1.165, 1.54) is 11.8 Å². The molecule has 2 heterocycles. The van der Waals surface area contributed by atoms with Gasteiger partial charge in [-0.2, -0.15) is 0 Å². The van der Waals surface area contributed by atoms with Gasteiger partial charge in [-0.3, -0.25) is 4.79 Å². The zero-order valence-electron chi connectivity index (χ0n) is 14.2. The van der Waals surface area contributed by atoms with Crippen molar-refractivity contribution in [3.8, 4) is 0 Å². The molecule has 0 aliphatic carbocycles. The summed E-state index contributed by atoms with van der Waals surface area (Å²) in [6.07, 6.45) is 0. The van der Waals surface area contributed by atoms with Gasteiger partial charge < -0.3 is 15.8 Å². The van der Waals surface area contributed by atoms with Gasteiger partial charge in [-0.25, -0.2) is 9.78 Å². The van der Waals surface area contributed by atoms with Gasteiger partial charge in [0, 0.05) is 18.4 Å². The van der Waals surface area contributed by atoms with Gasteiger partial charge in [-0.15, -0.1) is 22.7 Å². The average Bonchev–Trinajstić information content (AvgIpc) is 3.19. The molecule has 0 aliphatic rings. The Bertz CT molecular complexity index is 932. The van der Waals surface area contributed by atoms with Gasteiger partial charge >= 0.3 is 5.97 Å². The van der Waals surface area contributed by atoms with E-state index in [-0.39, 0.29) is 18.1 Å². The Kier molecular flexibility index (Phi) is 5.80. The number of fused-ring (bicyclic) bond motifs is 1. The number of anilines is 1. The fourth-order valence-electron chi connectivity index (χ4n) is 2.39. The Morgan fingerprint density at radius 1 is 1.31 bits per heavy atom. The maximum atomic E-state index is 12.3. The number of carbonyl (C=O) groups excluding carboxylic acids is 2. The van der Waals surface area contributed by atoms with Crippen LogP contribution in [0.25, 0.3) is 10.2 Å². The standard InChI is InChI=1S/C17H17N3O3S3/c1-3-23-16(22)12-9(13(15(21)19-2)26-14(12)18)8-24-17-20-10-6-4-5-7-11(10)25-17/h4-7H,3,8,18H2,1-2H3,(H,19,21). The minimum Gasteiger partial charge on any atom is -0.462 e. The molecule has 1 aromatic carbocycles. The maximum absolute atomic E-state index is 12.3. The number of para-hydroxylation sites is 1. The van der Waals surface area contributed by atoms with E-state index in [1.54, 1.807) is 25.3 Å². The molecule has 0 fully saturated rings. The number of nitrogen functional groups attached to an aromatic ring is 1. The quantitative estimate of drug-likeness (QED) is 0.477. The number of ether oxygens (including phenoxy) is 1. The van der Waals surface area contributed by atoms with Crippen molar-refractivity contribution in [3.05, 3.63) is 40.3 Å². The SMILES string of the molecule is CCOC(=O)c1c(N)sc(C(=O)NC)c1CSc1nc2ccccc2s1. The van der Waals surface area contributed by atoms with Crippen LogP contribution in [0.15, 0.2) is 28.6 Å². The molecule has 0 unspecified atom stereocenters. The van der Waals surface area contributed by atoms with Crippen LogP contribution in [-0.4, -0.2) is 30.5 Å². The Labute approximate surface area is 162 Å². The summed E-state index contributed by atoms with van der Waals surface area (Å²) in [5.74, 6) is -0.363. The number of hydrogen-bond donors (Lipinski definition) is 2. The third-order valence-corrected chi connectivity index (χ3v) is 6.83. The smallest absolute Gasteiger partial charge is 0.341 e. The molecule has 1 amide bonds. The highest BCUT2D eigenvalue weighted by Crippen LogP contribution is 2.38. The van der Waals surface area contributed by atoms with E-state index in [2.05, 4.69) is 10.3 Å². The number of esters is 1. The van der Waals surface area contributed by atoms with Crippen LogP contribution >= 0.6 is 34.4 Å². The lowest BCUT2D eigenvalue weighted by Gasteiger charge is -2.06. The second-order valence-corrected chi connectivity index (χ2v) is 8.49. The molecule has 3 rings (SSSR count). The molecule has 26 heavy (non-hydrogen) atoms. The predicted molar refractivity (Wildman–Crippen MR) is 107 cm³/mol. The van der Waals surface area contributed by atoms with Crippen LogP contribution in [0.1, 0.15) is 32.5 Å². The van der Waals surface area contributed by atoms with E-state index in [4.69, 9.17) is 10.5 Å². The summed E-state index contributed by atoms with van der Waals surface area (Å²) in [5.41, 5.74) is 7.82. The van der Waals surface area contributed by atoms with Crippen molar-refractivity contribution in [1.82, 2.24) is 10.3 Å². The van der Waals surface area contributed by atoms with E-state index in [0.29, 0.717) is 21.2 Å². The summed E-state index contributed by atoms with van der Waals surface area (Å²) in [4.78, 5) is 29.5. The molecule has 0 saturated heterocycles. The number of nitrogens with zero attached hydrogens (tertiary/aromatic N) is 1. The highest BCUT2D eigenvalue weighted by molar-refractivity contribution is 8.00. The van der Waals surface area contributed by atoms with Crippen LogP contribution in [0, 0.1) is 0 Å². The first-order valence-electron chi connectivity index (χ1n) is 7.83. The zero-order valence-corrected chi connectivity index (χ0v) is 16.6. The van der Waals surface area contributed by atoms with Gasteiger partial charge in [0.05, 0.1) is 27.3 Å². The summed E-state index contributed by atoms with van der Waals surface area (Å²) in [6, 6.07) is 7.88. The molecule has 2 aromatic heterocycles. The van der Waals surface area contributed by atoms with Crippen LogP contribution < -0.4 is 11.1 Å². The molecule has 136 valence electrons. The number of carbonyl (C=O) groups is 2. The van der Waals surface area contributed by atoms with Crippen LogP contribution in [0.4, 0.5) is 5.00 Å². The average molecular weight is 408 g/mol. The summed E-state index contributed by atoms with van der Waals surface area (Å²) < 4.78 is 7.07. The van der Waals surface area contributed by atoms with E-state index in [1.807, 2.05) is 24.3 Å². The first-order valence-corrected chi connectivity index (χ1v) is 10.5. The molecular formula is C17H17N3O3S3. The van der Waals surface area contributed by atoms with Crippen molar-refractivity contribution in [1.29, 1.82) is 0 Å². The van der Waals surface area contributed by atoms with Gasteiger partial charge in [-0.1, -0.05) is 23.9 Å². The van der Waals surface area contributed by atoms with Gasteiger partial charge in [0.15, 0.2) is 4.34 Å². The topological polar surface area (TPSA) is 94.3 Å². The molecule has 0 spiro atoms. The number of thiazole rings is 1. The second-order valence-electron chi connectivity index (χ2n) is 5.18. The van der Waals surface area contributed by atoms with Crippen molar-refractivity contribution in [3.63, 3.8) is 0 Å². The van der Waals surface area contributed by atoms with Crippen molar-refractivity contribution in [2.45, 2.75) is 17.0 Å². The fourth-order valence-corrected chi connectivity index (χ4v) is 5.60. The van der Waals surface area contributed by atoms with Gasteiger partial charge in [0.25, 0.3) is 5.91 Å². The number of rotatable bonds is 6. The number of hydrogen-bond acceptors (Lipinski definition) is 8. The zero-order chi connectivity index (χ0) is 18.7. The van der Waals surface area contributed by atoms with Crippen LogP contribution in [-0.2, 0) is 10.5 Å². The Morgan fingerprint density at radius 3 is 2.77 bits per heavy atom. The number of aromatic nitrogens is 1. The number of amides is 1. The van der Waals surface area contributed by atoms with Gasteiger partial charge in [0.2, 0.25) is 0 Å². The lowest BCUT2D eigenvalue weighted by atomic mass is 10.1. The maximum Gasteiger partial charge on any atom is 0.341 e. The Hall–Kier alpha value is -2.10. The number of thioether (sulfide) groups is 1.